The third kappa shape index (κ3) is 2.79. The molecule has 2 fully saturated rings. The van der Waals surface area contributed by atoms with Crippen LogP contribution in [0, 0.1) is 17.0 Å². The Bertz CT molecular complexity index is 455. The summed E-state index contributed by atoms with van der Waals surface area (Å²) in [6.07, 6.45) is 3.72. The number of likely N-dealkylation sites (tertiary alicyclic amines) is 1. The van der Waals surface area contributed by atoms with E-state index in [9.17, 15) is 8.78 Å². The first-order valence-electron chi connectivity index (χ1n) is 7.04. The lowest BCUT2D eigenvalue weighted by Crippen LogP contribution is -2.44. The molecule has 0 amide bonds. The predicted molar refractivity (Wildman–Crippen MR) is 70.8 cm³/mol. The summed E-state index contributed by atoms with van der Waals surface area (Å²) in [5, 5.41) is 3.45. The molecule has 2 heterocycles. The van der Waals surface area contributed by atoms with E-state index in [1.54, 1.807) is 6.07 Å². The van der Waals surface area contributed by atoms with Crippen molar-refractivity contribution in [2.24, 2.45) is 5.41 Å². The van der Waals surface area contributed by atoms with Crippen molar-refractivity contribution in [1.82, 2.24) is 10.2 Å². The highest BCUT2D eigenvalue weighted by atomic mass is 19.2. The average molecular weight is 266 g/mol. The van der Waals surface area contributed by atoms with E-state index in [-0.39, 0.29) is 0 Å². The number of rotatable bonds is 2. The van der Waals surface area contributed by atoms with Crippen molar-refractivity contribution in [3.05, 3.63) is 35.4 Å². The second-order valence-corrected chi connectivity index (χ2v) is 5.99. The molecule has 2 aliphatic heterocycles. The normalized spacial score (nSPS) is 28.1. The molecule has 2 nitrogen and oxygen atoms in total. The van der Waals surface area contributed by atoms with Gasteiger partial charge in [-0.25, -0.2) is 8.78 Å². The first kappa shape index (κ1) is 13.0. The van der Waals surface area contributed by atoms with Crippen molar-refractivity contribution >= 4 is 0 Å². The van der Waals surface area contributed by atoms with Gasteiger partial charge in [0.15, 0.2) is 11.6 Å². The standard InChI is InChI=1S/C15H20F2N2/c16-13-3-2-12(8-14(13)17)9-19-7-1-4-15(11-19)5-6-18-10-15/h2-3,8,18H,1,4-7,9-11H2/t15-/m0/s1. The van der Waals surface area contributed by atoms with Gasteiger partial charge in [-0.05, 0) is 55.5 Å². The van der Waals surface area contributed by atoms with Gasteiger partial charge in [-0.1, -0.05) is 6.07 Å². The molecule has 104 valence electrons. The van der Waals surface area contributed by atoms with E-state index >= 15 is 0 Å². The van der Waals surface area contributed by atoms with Crippen molar-refractivity contribution in [3.63, 3.8) is 0 Å². The van der Waals surface area contributed by atoms with Gasteiger partial charge in [-0.3, -0.25) is 4.90 Å². The largest absolute Gasteiger partial charge is 0.316 e. The number of benzene rings is 1. The molecule has 0 radical (unpaired) electrons. The molecule has 1 atom stereocenters. The van der Waals surface area contributed by atoms with Gasteiger partial charge in [0.05, 0.1) is 0 Å². The van der Waals surface area contributed by atoms with Gasteiger partial charge in [0.1, 0.15) is 0 Å². The monoisotopic (exact) mass is 266 g/mol. The summed E-state index contributed by atoms with van der Waals surface area (Å²) in [7, 11) is 0. The molecule has 3 rings (SSSR count). The van der Waals surface area contributed by atoms with E-state index in [0.717, 1.165) is 38.3 Å². The number of halogens is 2. The third-order valence-electron chi connectivity index (χ3n) is 4.46. The maximum absolute atomic E-state index is 13.2. The molecular weight excluding hydrogens is 246 g/mol. The van der Waals surface area contributed by atoms with Crippen LogP contribution in [-0.4, -0.2) is 31.1 Å². The summed E-state index contributed by atoms with van der Waals surface area (Å²) in [4.78, 5) is 2.38. The highest BCUT2D eigenvalue weighted by Gasteiger charge is 2.37. The number of nitrogens with one attached hydrogen (secondary N) is 1. The van der Waals surface area contributed by atoms with E-state index in [2.05, 4.69) is 10.2 Å². The van der Waals surface area contributed by atoms with Crippen LogP contribution in [0.4, 0.5) is 8.78 Å². The molecule has 0 saturated carbocycles. The van der Waals surface area contributed by atoms with Crippen molar-refractivity contribution in [3.8, 4) is 0 Å². The van der Waals surface area contributed by atoms with E-state index in [1.165, 1.54) is 31.4 Å². The highest BCUT2D eigenvalue weighted by Crippen LogP contribution is 2.35. The topological polar surface area (TPSA) is 15.3 Å². The Balaban J connectivity index is 1.67. The van der Waals surface area contributed by atoms with Crippen LogP contribution in [-0.2, 0) is 6.54 Å². The van der Waals surface area contributed by atoms with Crippen molar-refractivity contribution in [2.75, 3.05) is 26.2 Å². The summed E-state index contributed by atoms with van der Waals surface area (Å²) >= 11 is 0. The zero-order valence-electron chi connectivity index (χ0n) is 11.1. The first-order chi connectivity index (χ1) is 9.17. The van der Waals surface area contributed by atoms with Gasteiger partial charge in [0.2, 0.25) is 0 Å². The molecule has 2 aliphatic rings. The minimum Gasteiger partial charge on any atom is -0.316 e. The van der Waals surface area contributed by atoms with Gasteiger partial charge >= 0.3 is 0 Å². The fourth-order valence-electron chi connectivity index (χ4n) is 3.49. The van der Waals surface area contributed by atoms with Gasteiger partial charge in [0.25, 0.3) is 0 Å². The van der Waals surface area contributed by atoms with Gasteiger partial charge in [-0.15, -0.1) is 0 Å². The second-order valence-electron chi connectivity index (χ2n) is 5.99. The number of hydrogen-bond donors (Lipinski definition) is 1. The van der Waals surface area contributed by atoms with Crippen LogP contribution < -0.4 is 5.32 Å². The predicted octanol–water partition coefficient (Wildman–Crippen LogP) is 2.54. The highest BCUT2D eigenvalue weighted by molar-refractivity contribution is 5.18. The molecule has 4 heteroatoms. The molecule has 1 aromatic carbocycles. The Hall–Kier alpha value is -1.00. The van der Waals surface area contributed by atoms with Crippen molar-refractivity contribution < 1.29 is 8.78 Å². The SMILES string of the molecule is Fc1ccc(CN2CCC[C@@]3(CCNC3)C2)cc1F. The third-order valence-corrected chi connectivity index (χ3v) is 4.46. The Morgan fingerprint density at radius 3 is 2.84 bits per heavy atom. The summed E-state index contributed by atoms with van der Waals surface area (Å²) in [6, 6.07) is 4.23. The molecule has 2 saturated heterocycles. The van der Waals surface area contributed by atoms with E-state index in [1.807, 2.05) is 0 Å². The molecule has 0 aliphatic carbocycles. The lowest BCUT2D eigenvalue weighted by atomic mass is 9.79. The molecule has 19 heavy (non-hydrogen) atoms. The lowest BCUT2D eigenvalue weighted by Gasteiger charge is -2.40. The maximum Gasteiger partial charge on any atom is 0.159 e. The molecule has 0 unspecified atom stereocenters. The summed E-state index contributed by atoms with van der Waals surface area (Å²) in [5.41, 5.74) is 1.28. The van der Waals surface area contributed by atoms with E-state index in [4.69, 9.17) is 0 Å². The maximum atomic E-state index is 13.2. The van der Waals surface area contributed by atoms with Gasteiger partial charge < -0.3 is 5.32 Å². The average Bonchev–Trinajstić information content (AvgIpc) is 2.82. The second kappa shape index (κ2) is 5.17. The lowest BCUT2D eigenvalue weighted by molar-refractivity contribution is 0.0977. The Kier molecular flexibility index (Phi) is 3.54. The molecule has 0 bridgehead atoms. The fraction of sp³-hybridized carbons (Fsp3) is 0.600. The molecule has 1 spiro atoms. The fourth-order valence-corrected chi connectivity index (χ4v) is 3.49. The van der Waals surface area contributed by atoms with Crippen LogP contribution in [0.1, 0.15) is 24.8 Å². The minimum absolute atomic E-state index is 0.414. The van der Waals surface area contributed by atoms with E-state index < -0.39 is 11.6 Å². The van der Waals surface area contributed by atoms with Crippen molar-refractivity contribution in [1.29, 1.82) is 0 Å². The van der Waals surface area contributed by atoms with Crippen LogP contribution in [0.2, 0.25) is 0 Å². The zero-order valence-corrected chi connectivity index (χ0v) is 11.1. The zero-order chi connectivity index (χ0) is 13.3. The minimum atomic E-state index is -0.765. The van der Waals surface area contributed by atoms with Crippen molar-refractivity contribution in [2.45, 2.75) is 25.8 Å². The Morgan fingerprint density at radius 1 is 1.21 bits per heavy atom. The molecule has 0 aromatic heterocycles. The van der Waals surface area contributed by atoms with Gasteiger partial charge in [0, 0.05) is 19.6 Å². The van der Waals surface area contributed by atoms with E-state index in [0.29, 0.717) is 5.41 Å². The quantitative estimate of drug-likeness (QED) is 0.885. The number of hydrogen-bond acceptors (Lipinski definition) is 2. The van der Waals surface area contributed by atoms with Crippen LogP contribution >= 0.6 is 0 Å². The Labute approximate surface area is 112 Å². The molecule has 1 N–H and O–H groups in total. The number of piperidine rings is 1. The summed E-state index contributed by atoms with van der Waals surface area (Å²) in [5.74, 6) is -1.51. The molecular formula is C15H20F2N2. The smallest absolute Gasteiger partial charge is 0.159 e. The molecule has 1 aromatic rings. The van der Waals surface area contributed by atoms with Gasteiger partial charge in [-0.2, -0.15) is 0 Å². The van der Waals surface area contributed by atoms with Crippen LogP contribution in [0.5, 0.6) is 0 Å². The van der Waals surface area contributed by atoms with Crippen LogP contribution in [0.3, 0.4) is 0 Å². The number of nitrogens with zero attached hydrogens (tertiary/aromatic N) is 1. The summed E-state index contributed by atoms with van der Waals surface area (Å²) < 4.78 is 26.1. The van der Waals surface area contributed by atoms with Crippen LogP contribution in [0.25, 0.3) is 0 Å². The Morgan fingerprint density at radius 2 is 2.11 bits per heavy atom. The first-order valence-corrected chi connectivity index (χ1v) is 7.04. The van der Waals surface area contributed by atoms with Crippen LogP contribution in [0.15, 0.2) is 18.2 Å². The summed E-state index contributed by atoms with van der Waals surface area (Å²) in [6.45, 7) is 5.05.